The van der Waals surface area contributed by atoms with Crippen LogP contribution in [0.2, 0.25) is 0 Å². The average Bonchev–Trinajstić information content (AvgIpc) is 2.78. The lowest BCUT2D eigenvalue weighted by molar-refractivity contribution is 0.428. The molecule has 4 nitrogen and oxygen atoms in total. The molecule has 0 amide bonds. The molecule has 0 saturated heterocycles. The molecule has 0 aliphatic carbocycles. The van der Waals surface area contributed by atoms with Crippen molar-refractivity contribution in [2.24, 2.45) is 0 Å². The minimum absolute atomic E-state index is 0.0385. The summed E-state index contributed by atoms with van der Waals surface area (Å²) in [5.74, 6) is 0.815. The van der Waals surface area contributed by atoms with Gasteiger partial charge >= 0.3 is 0 Å². The highest BCUT2D eigenvalue weighted by atomic mass is 32.2. The standard InChI is InChI=1S/C15H21NO3S/c1-11(16-10-15(2,3)20(4,17)18)14-9-12-7-5-6-8-13(12)19-14/h5-9,11,16H,10H2,1-4H3. The fraction of sp³-hybridized carbons (Fsp3) is 0.467. The van der Waals surface area contributed by atoms with Crippen LogP contribution in [0.25, 0.3) is 11.0 Å². The summed E-state index contributed by atoms with van der Waals surface area (Å²) in [5.41, 5.74) is 0.846. The van der Waals surface area contributed by atoms with E-state index < -0.39 is 14.6 Å². The van der Waals surface area contributed by atoms with E-state index in [9.17, 15) is 8.42 Å². The molecule has 0 saturated carbocycles. The lowest BCUT2D eigenvalue weighted by Crippen LogP contribution is -2.42. The fourth-order valence-electron chi connectivity index (χ4n) is 1.85. The Bertz CT molecular complexity index is 668. The average molecular weight is 295 g/mol. The quantitative estimate of drug-likeness (QED) is 0.921. The van der Waals surface area contributed by atoms with Crippen LogP contribution in [0.15, 0.2) is 34.7 Å². The van der Waals surface area contributed by atoms with Gasteiger partial charge in [-0.3, -0.25) is 0 Å². The summed E-state index contributed by atoms with van der Waals surface area (Å²) in [5, 5.41) is 4.29. The highest BCUT2D eigenvalue weighted by molar-refractivity contribution is 7.92. The van der Waals surface area contributed by atoms with Crippen LogP contribution in [0.5, 0.6) is 0 Å². The van der Waals surface area contributed by atoms with Crippen molar-refractivity contribution in [1.29, 1.82) is 0 Å². The van der Waals surface area contributed by atoms with Crippen LogP contribution in [0.1, 0.15) is 32.6 Å². The predicted molar refractivity (Wildman–Crippen MR) is 81.6 cm³/mol. The van der Waals surface area contributed by atoms with Crippen molar-refractivity contribution >= 4 is 20.8 Å². The number of rotatable bonds is 5. The zero-order valence-corrected chi connectivity index (χ0v) is 13.1. The first-order valence-electron chi connectivity index (χ1n) is 6.62. The van der Waals surface area contributed by atoms with Crippen LogP contribution in [0.3, 0.4) is 0 Å². The van der Waals surface area contributed by atoms with Crippen molar-refractivity contribution in [2.45, 2.75) is 31.6 Å². The molecule has 2 rings (SSSR count). The number of sulfone groups is 1. The Labute approximate surface area is 120 Å². The Hall–Kier alpha value is -1.33. The van der Waals surface area contributed by atoms with Gasteiger partial charge in [-0.25, -0.2) is 8.42 Å². The van der Waals surface area contributed by atoms with E-state index in [0.717, 1.165) is 16.7 Å². The maximum atomic E-state index is 11.7. The zero-order chi connectivity index (χ0) is 15.0. The van der Waals surface area contributed by atoms with Crippen LogP contribution in [0, 0.1) is 0 Å². The van der Waals surface area contributed by atoms with Crippen LogP contribution < -0.4 is 5.32 Å². The van der Waals surface area contributed by atoms with Gasteiger partial charge in [0.2, 0.25) is 0 Å². The second-order valence-corrected chi connectivity index (χ2v) is 8.47. The summed E-state index contributed by atoms with van der Waals surface area (Å²) in [6.45, 7) is 5.79. The molecule has 1 atom stereocenters. The molecule has 0 radical (unpaired) electrons. The smallest absolute Gasteiger partial charge is 0.153 e. The van der Waals surface area contributed by atoms with Gasteiger partial charge in [0, 0.05) is 18.2 Å². The Morgan fingerprint density at radius 1 is 1.30 bits per heavy atom. The largest absolute Gasteiger partial charge is 0.459 e. The maximum Gasteiger partial charge on any atom is 0.153 e. The molecule has 0 spiro atoms. The number of benzene rings is 1. The third-order valence-electron chi connectivity index (χ3n) is 3.71. The molecule has 5 heteroatoms. The minimum Gasteiger partial charge on any atom is -0.459 e. The molecule has 20 heavy (non-hydrogen) atoms. The molecule has 1 unspecified atom stereocenters. The van der Waals surface area contributed by atoms with Gasteiger partial charge in [0.15, 0.2) is 9.84 Å². The molecule has 0 aliphatic rings. The summed E-state index contributed by atoms with van der Waals surface area (Å²) in [6.07, 6.45) is 1.26. The van der Waals surface area contributed by atoms with Crippen molar-refractivity contribution in [3.05, 3.63) is 36.1 Å². The van der Waals surface area contributed by atoms with Gasteiger partial charge in [-0.1, -0.05) is 18.2 Å². The molecule has 1 heterocycles. The van der Waals surface area contributed by atoms with Crippen LogP contribution in [-0.4, -0.2) is 26.0 Å². The molecule has 2 aromatic rings. The number of furan rings is 1. The molecule has 0 fully saturated rings. The minimum atomic E-state index is -3.10. The summed E-state index contributed by atoms with van der Waals surface area (Å²) in [6, 6.07) is 9.76. The number of para-hydroxylation sites is 1. The first-order valence-corrected chi connectivity index (χ1v) is 8.51. The Kier molecular flexibility index (Phi) is 3.93. The molecular formula is C15H21NO3S. The Morgan fingerprint density at radius 3 is 2.55 bits per heavy atom. The number of hydrogen-bond donors (Lipinski definition) is 1. The third-order valence-corrected chi connectivity index (χ3v) is 5.86. The van der Waals surface area contributed by atoms with E-state index in [4.69, 9.17) is 4.42 Å². The van der Waals surface area contributed by atoms with E-state index in [-0.39, 0.29) is 6.04 Å². The molecule has 110 valence electrons. The molecule has 0 bridgehead atoms. The van der Waals surface area contributed by atoms with Gasteiger partial charge in [0.05, 0.1) is 10.8 Å². The van der Waals surface area contributed by atoms with Crippen LogP contribution in [-0.2, 0) is 9.84 Å². The van der Waals surface area contributed by atoms with Gasteiger partial charge in [-0.2, -0.15) is 0 Å². The second kappa shape index (κ2) is 5.22. The van der Waals surface area contributed by atoms with E-state index in [1.807, 2.05) is 37.3 Å². The molecule has 1 aromatic carbocycles. The predicted octanol–water partition coefficient (Wildman–Crippen LogP) is 2.91. The van der Waals surface area contributed by atoms with E-state index in [0.29, 0.717) is 6.54 Å². The maximum absolute atomic E-state index is 11.7. The van der Waals surface area contributed by atoms with E-state index in [1.165, 1.54) is 6.26 Å². The van der Waals surface area contributed by atoms with Gasteiger partial charge in [0.1, 0.15) is 11.3 Å². The normalized spacial score (nSPS) is 14.6. The lowest BCUT2D eigenvalue weighted by atomic mass is 10.1. The highest BCUT2D eigenvalue weighted by Crippen LogP contribution is 2.24. The monoisotopic (exact) mass is 295 g/mol. The van der Waals surface area contributed by atoms with Gasteiger partial charge in [-0.15, -0.1) is 0 Å². The van der Waals surface area contributed by atoms with Crippen molar-refractivity contribution in [2.75, 3.05) is 12.8 Å². The second-order valence-electron chi connectivity index (χ2n) is 5.82. The first-order chi connectivity index (χ1) is 9.21. The molecule has 1 aromatic heterocycles. The lowest BCUT2D eigenvalue weighted by Gasteiger charge is -2.24. The van der Waals surface area contributed by atoms with Gasteiger partial charge in [-0.05, 0) is 32.9 Å². The summed E-state index contributed by atoms with van der Waals surface area (Å²) < 4.78 is 28.3. The van der Waals surface area contributed by atoms with Crippen LogP contribution >= 0.6 is 0 Å². The zero-order valence-electron chi connectivity index (χ0n) is 12.3. The molecule has 0 aliphatic heterocycles. The molecule has 1 N–H and O–H groups in total. The first kappa shape index (κ1) is 15.1. The van der Waals surface area contributed by atoms with Crippen molar-refractivity contribution in [3.8, 4) is 0 Å². The SMILES string of the molecule is CC(NCC(C)(C)S(C)(=O)=O)c1cc2ccccc2o1. The topological polar surface area (TPSA) is 59.3 Å². The van der Waals surface area contributed by atoms with Gasteiger partial charge < -0.3 is 9.73 Å². The highest BCUT2D eigenvalue weighted by Gasteiger charge is 2.30. The summed E-state index contributed by atoms with van der Waals surface area (Å²) in [4.78, 5) is 0. The van der Waals surface area contributed by atoms with E-state index in [2.05, 4.69) is 5.32 Å². The fourth-order valence-corrected chi connectivity index (χ4v) is 2.19. The van der Waals surface area contributed by atoms with Crippen molar-refractivity contribution in [1.82, 2.24) is 5.32 Å². The van der Waals surface area contributed by atoms with Gasteiger partial charge in [0.25, 0.3) is 0 Å². The van der Waals surface area contributed by atoms with Crippen molar-refractivity contribution < 1.29 is 12.8 Å². The van der Waals surface area contributed by atoms with Crippen LogP contribution in [0.4, 0.5) is 0 Å². The van der Waals surface area contributed by atoms with Crippen molar-refractivity contribution in [3.63, 3.8) is 0 Å². The molecular weight excluding hydrogens is 274 g/mol. The Morgan fingerprint density at radius 2 is 1.95 bits per heavy atom. The number of fused-ring (bicyclic) bond motifs is 1. The third kappa shape index (κ3) is 3.04. The van der Waals surface area contributed by atoms with E-state index in [1.54, 1.807) is 13.8 Å². The van der Waals surface area contributed by atoms with E-state index >= 15 is 0 Å². The summed E-state index contributed by atoms with van der Waals surface area (Å²) >= 11 is 0. The Balaban J connectivity index is 2.11. The summed E-state index contributed by atoms with van der Waals surface area (Å²) in [7, 11) is -3.10. The number of hydrogen-bond acceptors (Lipinski definition) is 4. The number of nitrogens with one attached hydrogen (secondary N) is 1.